The van der Waals surface area contributed by atoms with Crippen molar-refractivity contribution in [3.63, 3.8) is 0 Å². The second kappa shape index (κ2) is 10.1. The van der Waals surface area contributed by atoms with Crippen LogP contribution in [0.1, 0.15) is 55.5 Å². The van der Waals surface area contributed by atoms with Crippen molar-refractivity contribution in [2.45, 2.75) is 45.4 Å². The molecule has 1 unspecified atom stereocenters. The molecule has 0 bridgehead atoms. The first kappa shape index (κ1) is 25.9. The molecule has 0 N–H and O–H groups in total. The summed E-state index contributed by atoms with van der Waals surface area (Å²) in [5, 5.41) is 0.533. The minimum absolute atomic E-state index is 0.0800. The predicted octanol–water partition coefficient (Wildman–Crippen LogP) is 8.19. The van der Waals surface area contributed by atoms with Crippen molar-refractivity contribution in [3.05, 3.63) is 131 Å². The van der Waals surface area contributed by atoms with E-state index in [1.165, 1.54) is 29.4 Å². The summed E-state index contributed by atoms with van der Waals surface area (Å²) < 4.78 is 24.4. The molecule has 1 atom stereocenters. The van der Waals surface area contributed by atoms with Gasteiger partial charge in [0.05, 0.1) is 5.30 Å². The Balaban J connectivity index is 1.54. The maximum Gasteiger partial charge on any atom is 0.410 e. The third-order valence-electron chi connectivity index (χ3n) is 7.22. The van der Waals surface area contributed by atoms with E-state index in [1.54, 1.807) is 12.1 Å². The molecule has 0 aromatic heterocycles. The van der Waals surface area contributed by atoms with E-state index in [0.29, 0.717) is 11.1 Å². The van der Waals surface area contributed by atoms with Crippen molar-refractivity contribution in [2.24, 2.45) is 0 Å². The molecule has 3 nitrogen and oxygen atoms in total. The van der Waals surface area contributed by atoms with Gasteiger partial charge < -0.3 is 4.52 Å². The number of benzene rings is 4. The normalized spacial score (nSPS) is 13.7. The molecule has 4 heteroatoms. The molecular formula is C32H35O3P. The highest BCUT2D eigenvalue weighted by atomic mass is 31.2. The maximum atomic E-state index is 13.2. The highest BCUT2D eigenvalue weighted by Crippen LogP contribution is 2.46. The lowest BCUT2D eigenvalue weighted by Crippen LogP contribution is -2.21. The van der Waals surface area contributed by atoms with Crippen LogP contribution in [0.4, 0.5) is 0 Å². The van der Waals surface area contributed by atoms with Crippen LogP contribution >= 0.6 is 7.60 Å². The summed E-state index contributed by atoms with van der Waals surface area (Å²) in [5.74, 6) is 0.513. The highest BCUT2D eigenvalue weighted by molar-refractivity contribution is 7.62. The maximum absolute atomic E-state index is 13.2. The number of rotatable bonds is 8. The van der Waals surface area contributed by atoms with Crippen molar-refractivity contribution in [1.82, 2.24) is 0 Å². The molecular weight excluding hydrogens is 463 g/mol. The smallest absolute Gasteiger partial charge is 0.410 e. The predicted molar refractivity (Wildman–Crippen MR) is 150 cm³/mol. The Labute approximate surface area is 215 Å². The third-order valence-corrected chi connectivity index (χ3v) is 9.08. The van der Waals surface area contributed by atoms with E-state index in [9.17, 15) is 4.57 Å². The molecule has 0 aliphatic heterocycles. The van der Waals surface area contributed by atoms with Crippen LogP contribution in [0.2, 0.25) is 0 Å². The summed E-state index contributed by atoms with van der Waals surface area (Å²) in [7, 11) is -2.03. The van der Waals surface area contributed by atoms with Crippen LogP contribution in [0, 0.1) is 6.92 Å². The molecule has 0 spiro atoms. The van der Waals surface area contributed by atoms with E-state index in [0.717, 1.165) is 5.56 Å². The molecule has 4 aromatic carbocycles. The zero-order chi connectivity index (χ0) is 26.0. The van der Waals surface area contributed by atoms with Gasteiger partial charge in [0.2, 0.25) is 0 Å². The second-order valence-corrected chi connectivity index (χ2v) is 12.4. The van der Waals surface area contributed by atoms with Crippen LogP contribution in [0.25, 0.3) is 0 Å². The summed E-state index contributed by atoms with van der Waals surface area (Å²) in [4.78, 5) is 0. The Hall–Kier alpha value is -3.13. The second-order valence-electron chi connectivity index (χ2n) is 10.3. The molecule has 36 heavy (non-hydrogen) atoms. The van der Waals surface area contributed by atoms with Gasteiger partial charge >= 0.3 is 7.60 Å². The molecule has 0 aliphatic rings. The van der Waals surface area contributed by atoms with E-state index in [1.807, 2.05) is 42.5 Å². The van der Waals surface area contributed by atoms with Crippen molar-refractivity contribution >= 4 is 12.9 Å². The average molecular weight is 499 g/mol. The largest absolute Gasteiger partial charge is 0.421 e. The fourth-order valence-electron chi connectivity index (χ4n) is 4.48. The summed E-state index contributed by atoms with van der Waals surface area (Å²) in [5.41, 5.74) is 5.94. The van der Waals surface area contributed by atoms with Gasteiger partial charge in [-0.1, -0.05) is 112 Å². The molecule has 0 amide bonds. The SMILES string of the molecule is COP(=O)(Oc1ccc(C(C)(C)c2ccc(C(C)(C)c3ccc(C)cc3)cc2)cc1)c1ccccc1. The van der Waals surface area contributed by atoms with Crippen molar-refractivity contribution in [3.8, 4) is 5.75 Å². The average Bonchev–Trinajstić information content (AvgIpc) is 2.90. The van der Waals surface area contributed by atoms with Crippen LogP contribution < -0.4 is 9.83 Å². The lowest BCUT2D eigenvalue weighted by Gasteiger charge is -2.30. The molecule has 0 saturated carbocycles. The summed E-state index contributed by atoms with van der Waals surface area (Å²) >= 11 is 0. The standard InChI is InChI=1S/C32H35O3P/c1-24-12-14-25(15-13-24)31(2,3)26-16-18-27(19-17-26)32(4,5)28-20-22-29(23-21-28)35-36(33,34-6)30-10-8-7-9-11-30/h7-23H,1-6H3. The summed E-state index contributed by atoms with van der Waals surface area (Å²) in [6.45, 7) is 11.1. The molecule has 0 heterocycles. The molecule has 0 saturated heterocycles. The van der Waals surface area contributed by atoms with E-state index < -0.39 is 7.60 Å². The molecule has 4 aromatic rings. The van der Waals surface area contributed by atoms with E-state index in [-0.39, 0.29) is 10.8 Å². The molecule has 4 rings (SSSR count). The monoisotopic (exact) mass is 498 g/mol. The molecule has 186 valence electrons. The first-order valence-electron chi connectivity index (χ1n) is 12.3. The van der Waals surface area contributed by atoms with Crippen molar-refractivity contribution < 1.29 is 13.6 Å². The van der Waals surface area contributed by atoms with E-state index in [4.69, 9.17) is 9.05 Å². The van der Waals surface area contributed by atoms with Gasteiger partial charge in [0.25, 0.3) is 0 Å². The quantitative estimate of drug-likeness (QED) is 0.230. The molecule has 0 fully saturated rings. The van der Waals surface area contributed by atoms with Gasteiger partial charge in [0.15, 0.2) is 0 Å². The Morgan fingerprint density at radius 2 is 0.972 bits per heavy atom. The molecule has 0 aliphatic carbocycles. The fourth-order valence-corrected chi connectivity index (χ4v) is 5.81. The number of hydrogen-bond acceptors (Lipinski definition) is 3. The fraction of sp³-hybridized carbons (Fsp3) is 0.250. The minimum atomic E-state index is -3.44. The third kappa shape index (κ3) is 5.19. The number of aryl methyl sites for hydroxylation is 1. The van der Waals surface area contributed by atoms with E-state index in [2.05, 4.69) is 83.1 Å². The Bertz CT molecular complexity index is 1340. The van der Waals surface area contributed by atoms with Crippen LogP contribution in [-0.4, -0.2) is 7.11 Å². The minimum Gasteiger partial charge on any atom is -0.421 e. The molecule has 0 radical (unpaired) electrons. The lowest BCUT2D eigenvalue weighted by atomic mass is 9.74. The Kier molecular flexibility index (Phi) is 7.27. The first-order valence-corrected chi connectivity index (χ1v) is 13.8. The zero-order valence-electron chi connectivity index (χ0n) is 22.0. The first-order chi connectivity index (χ1) is 17.1. The zero-order valence-corrected chi connectivity index (χ0v) is 22.9. The highest BCUT2D eigenvalue weighted by Gasteiger charge is 2.29. The van der Waals surface area contributed by atoms with Gasteiger partial charge in [-0.05, 0) is 53.4 Å². The summed E-state index contributed by atoms with van der Waals surface area (Å²) in [6.07, 6.45) is 0. The van der Waals surface area contributed by atoms with Gasteiger partial charge in [-0.3, -0.25) is 4.52 Å². The van der Waals surface area contributed by atoms with Crippen LogP contribution in [-0.2, 0) is 19.9 Å². The van der Waals surface area contributed by atoms with Crippen molar-refractivity contribution in [1.29, 1.82) is 0 Å². The van der Waals surface area contributed by atoms with Gasteiger partial charge in [-0.25, -0.2) is 4.57 Å². The van der Waals surface area contributed by atoms with Gasteiger partial charge in [0.1, 0.15) is 5.75 Å². The van der Waals surface area contributed by atoms with Gasteiger partial charge in [-0.2, -0.15) is 0 Å². The van der Waals surface area contributed by atoms with Crippen LogP contribution in [0.3, 0.4) is 0 Å². The topological polar surface area (TPSA) is 35.5 Å². The van der Waals surface area contributed by atoms with Gasteiger partial charge in [-0.15, -0.1) is 0 Å². The van der Waals surface area contributed by atoms with Gasteiger partial charge in [0, 0.05) is 17.9 Å². The lowest BCUT2D eigenvalue weighted by molar-refractivity contribution is 0.334. The summed E-state index contributed by atoms with van der Waals surface area (Å²) in [6, 6.07) is 34.5. The van der Waals surface area contributed by atoms with Crippen LogP contribution in [0.5, 0.6) is 5.75 Å². The van der Waals surface area contributed by atoms with Crippen molar-refractivity contribution in [2.75, 3.05) is 7.11 Å². The van der Waals surface area contributed by atoms with Crippen LogP contribution in [0.15, 0.2) is 103 Å². The van der Waals surface area contributed by atoms with E-state index >= 15 is 0 Å². The Morgan fingerprint density at radius 3 is 1.39 bits per heavy atom. The number of hydrogen-bond donors (Lipinski definition) is 0. The Morgan fingerprint density at radius 1 is 0.583 bits per heavy atom.